The van der Waals surface area contributed by atoms with Gasteiger partial charge in [0, 0.05) is 24.8 Å². The van der Waals surface area contributed by atoms with Crippen LogP contribution in [0.5, 0.6) is 0 Å². The number of nitriles is 1. The van der Waals surface area contributed by atoms with Crippen molar-refractivity contribution in [3.05, 3.63) is 95.3 Å². The normalized spacial score (nSPS) is 10.5. The van der Waals surface area contributed by atoms with E-state index >= 15 is 0 Å². The van der Waals surface area contributed by atoms with Crippen molar-refractivity contribution in [3.8, 4) is 6.07 Å². The molecule has 0 aliphatic heterocycles. The number of imidazole rings is 1. The van der Waals surface area contributed by atoms with Crippen molar-refractivity contribution >= 4 is 22.6 Å². The molecule has 0 radical (unpaired) electrons. The van der Waals surface area contributed by atoms with E-state index in [1.807, 2.05) is 72.3 Å². The van der Waals surface area contributed by atoms with Crippen molar-refractivity contribution in [2.24, 2.45) is 7.05 Å². The topological polar surface area (TPSA) is 82.7 Å². The van der Waals surface area contributed by atoms with E-state index in [0.717, 1.165) is 28.1 Å². The van der Waals surface area contributed by atoms with Crippen LogP contribution in [0, 0.1) is 11.3 Å². The molecule has 0 aliphatic carbocycles. The van der Waals surface area contributed by atoms with Gasteiger partial charge in [-0.3, -0.25) is 4.79 Å². The molecule has 1 amide bonds. The number of rotatable bonds is 6. The molecule has 0 saturated carbocycles. The van der Waals surface area contributed by atoms with Crippen LogP contribution in [0.15, 0.2) is 72.8 Å². The van der Waals surface area contributed by atoms with Gasteiger partial charge in [-0.2, -0.15) is 5.26 Å². The van der Waals surface area contributed by atoms with Crippen molar-refractivity contribution < 1.29 is 4.79 Å². The maximum Gasteiger partial charge on any atom is 0.251 e. The predicted molar refractivity (Wildman–Crippen MR) is 117 cm³/mol. The molecule has 0 atom stereocenters. The van der Waals surface area contributed by atoms with Gasteiger partial charge in [0.15, 0.2) is 0 Å². The third kappa shape index (κ3) is 4.15. The van der Waals surface area contributed by atoms with Crippen molar-refractivity contribution in [2.75, 3.05) is 5.32 Å². The Morgan fingerprint density at radius 1 is 1.03 bits per heavy atom. The number of hydrogen-bond acceptors (Lipinski definition) is 4. The summed E-state index contributed by atoms with van der Waals surface area (Å²) in [6.45, 7) is 1.02. The Morgan fingerprint density at radius 3 is 2.53 bits per heavy atom. The lowest BCUT2D eigenvalue weighted by Gasteiger charge is -2.07. The Bertz CT molecular complexity index is 1220. The summed E-state index contributed by atoms with van der Waals surface area (Å²) in [5, 5.41) is 15.2. The quantitative estimate of drug-likeness (QED) is 0.517. The Balaban J connectivity index is 1.46. The molecule has 30 heavy (non-hydrogen) atoms. The highest BCUT2D eigenvalue weighted by Crippen LogP contribution is 2.18. The zero-order chi connectivity index (χ0) is 20.9. The number of nitrogens with one attached hydrogen (secondary N) is 2. The van der Waals surface area contributed by atoms with Crippen LogP contribution in [0.3, 0.4) is 0 Å². The number of aromatic nitrogens is 2. The average Bonchev–Trinajstić information content (AvgIpc) is 3.12. The van der Waals surface area contributed by atoms with Gasteiger partial charge in [-0.15, -0.1) is 0 Å². The molecule has 2 N–H and O–H groups in total. The number of hydrogen-bond donors (Lipinski definition) is 2. The van der Waals surface area contributed by atoms with Gasteiger partial charge in [-0.1, -0.05) is 30.3 Å². The zero-order valence-electron chi connectivity index (χ0n) is 16.6. The van der Waals surface area contributed by atoms with Gasteiger partial charge in [-0.05, 0) is 48.0 Å². The predicted octanol–water partition coefficient (Wildman–Crippen LogP) is 3.99. The Labute approximate surface area is 174 Å². The van der Waals surface area contributed by atoms with Crippen LogP contribution in [-0.2, 0) is 20.1 Å². The highest BCUT2D eigenvalue weighted by Gasteiger charge is 2.12. The van der Waals surface area contributed by atoms with Crippen LogP contribution in [0.1, 0.15) is 27.3 Å². The van der Waals surface area contributed by atoms with E-state index in [1.54, 1.807) is 12.1 Å². The Morgan fingerprint density at radius 2 is 1.80 bits per heavy atom. The fraction of sp³-hybridized carbons (Fsp3) is 0.125. The van der Waals surface area contributed by atoms with Crippen molar-refractivity contribution in [2.45, 2.75) is 13.1 Å². The summed E-state index contributed by atoms with van der Waals surface area (Å²) in [4.78, 5) is 17.2. The summed E-state index contributed by atoms with van der Waals surface area (Å²) < 4.78 is 2.01. The van der Waals surface area contributed by atoms with E-state index in [0.29, 0.717) is 24.2 Å². The van der Waals surface area contributed by atoms with Gasteiger partial charge < -0.3 is 15.2 Å². The lowest BCUT2D eigenvalue weighted by atomic mass is 10.1. The SMILES string of the molecule is Cn1c(CNc2ccc(C#N)cc2)nc2cc(C(=O)NCc3ccccc3)ccc21. The van der Waals surface area contributed by atoms with Gasteiger partial charge in [0.05, 0.1) is 29.2 Å². The molecule has 1 heterocycles. The van der Waals surface area contributed by atoms with E-state index in [9.17, 15) is 4.79 Å². The number of nitrogens with zero attached hydrogens (tertiary/aromatic N) is 3. The molecule has 0 saturated heterocycles. The summed E-state index contributed by atoms with van der Waals surface area (Å²) in [5.74, 6) is 0.736. The molecular weight excluding hydrogens is 374 g/mol. The van der Waals surface area contributed by atoms with E-state index in [2.05, 4.69) is 16.7 Å². The fourth-order valence-electron chi connectivity index (χ4n) is 3.27. The lowest BCUT2D eigenvalue weighted by molar-refractivity contribution is 0.0951. The Hall–Kier alpha value is -4.11. The van der Waals surface area contributed by atoms with Gasteiger partial charge in [0.25, 0.3) is 5.91 Å². The molecule has 6 nitrogen and oxygen atoms in total. The monoisotopic (exact) mass is 395 g/mol. The van der Waals surface area contributed by atoms with Crippen LogP contribution in [0.2, 0.25) is 0 Å². The minimum absolute atomic E-state index is 0.122. The lowest BCUT2D eigenvalue weighted by Crippen LogP contribution is -2.22. The number of fused-ring (bicyclic) bond motifs is 1. The number of carbonyl (C=O) groups is 1. The third-order valence-electron chi connectivity index (χ3n) is 5.00. The van der Waals surface area contributed by atoms with Crippen molar-refractivity contribution in [1.82, 2.24) is 14.9 Å². The molecule has 0 spiro atoms. The third-order valence-corrected chi connectivity index (χ3v) is 5.00. The average molecular weight is 395 g/mol. The molecule has 1 aromatic heterocycles. The second kappa shape index (κ2) is 8.50. The largest absolute Gasteiger partial charge is 0.378 e. The van der Waals surface area contributed by atoms with Crippen LogP contribution < -0.4 is 10.6 Å². The van der Waals surface area contributed by atoms with Crippen LogP contribution in [-0.4, -0.2) is 15.5 Å². The van der Waals surface area contributed by atoms with Gasteiger partial charge >= 0.3 is 0 Å². The minimum atomic E-state index is -0.122. The number of carbonyl (C=O) groups excluding carboxylic acids is 1. The first-order valence-corrected chi connectivity index (χ1v) is 9.65. The first-order valence-electron chi connectivity index (χ1n) is 9.65. The van der Waals surface area contributed by atoms with Crippen molar-refractivity contribution in [1.29, 1.82) is 5.26 Å². The summed E-state index contributed by atoms with van der Waals surface area (Å²) in [6.07, 6.45) is 0. The molecule has 0 fully saturated rings. The molecule has 3 aromatic carbocycles. The second-order valence-corrected chi connectivity index (χ2v) is 7.00. The molecular formula is C24H21N5O. The molecule has 0 bridgehead atoms. The van der Waals surface area contributed by atoms with Crippen LogP contribution >= 0.6 is 0 Å². The molecule has 6 heteroatoms. The molecule has 0 aliphatic rings. The molecule has 4 aromatic rings. The molecule has 0 unspecified atom stereocenters. The van der Waals surface area contributed by atoms with E-state index in [4.69, 9.17) is 10.2 Å². The molecule has 4 rings (SSSR count). The second-order valence-electron chi connectivity index (χ2n) is 7.00. The van der Waals surface area contributed by atoms with Crippen LogP contribution in [0.25, 0.3) is 11.0 Å². The highest BCUT2D eigenvalue weighted by molar-refractivity contribution is 5.97. The fourth-order valence-corrected chi connectivity index (χ4v) is 3.27. The van der Waals surface area contributed by atoms with Crippen molar-refractivity contribution in [3.63, 3.8) is 0 Å². The zero-order valence-corrected chi connectivity index (χ0v) is 16.6. The van der Waals surface area contributed by atoms with Gasteiger partial charge in [0.1, 0.15) is 5.82 Å². The number of aryl methyl sites for hydroxylation is 1. The summed E-state index contributed by atoms with van der Waals surface area (Å²) in [6, 6.07) is 24.8. The summed E-state index contributed by atoms with van der Waals surface area (Å²) in [7, 11) is 1.96. The maximum atomic E-state index is 12.5. The smallest absolute Gasteiger partial charge is 0.251 e. The maximum absolute atomic E-state index is 12.5. The van der Waals surface area contributed by atoms with Gasteiger partial charge in [-0.25, -0.2) is 4.98 Å². The number of anilines is 1. The summed E-state index contributed by atoms with van der Waals surface area (Å²) >= 11 is 0. The first kappa shape index (κ1) is 19.2. The summed E-state index contributed by atoms with van der Waals surface area (Å²) in [5.41, 5.74) is 4.93. The van der Waals surface area contributed by atoms with E-state index in [1.165, 1.54) is 0 Å². The van der Waals surface area contributed by atoms with Crippen LogP contribution in [0.4, 0.5) is 5.69 Å². The minimum Gasteiger partial charge on any atom is -0.378 e. The highest BCUT2D eigenvalue weighted by atomic mass is 16.1. The standard InChI is InChI=1S/C24H21N5O/c1-29-22-12-9-19(24(30)27-15-18-5-3-2-4-6-18)13-21(22)28-23(29)16-26-20-10-7-17(14-25)8-11-20/h2-13,26H,15-16H2,1H3,(H,27,30). The van der Waals surface area contributed by atoms with Gasteiger partial charge in [0.2, 0.25) is 0 Å². The Kier molecular flexibility index (Phi) is 5.44. The first-order chi connectivity index (χ1) is 14.6. The van der Waals surface area contributed by atoms with E-state index in [-0.39, 0.29) is 5.91 Å². The molecule has 148 valence electrons. The number of amides is 1. The van der Waals surface area contributed by atoms with E-state index < -0.39 is 0 Å². The number of benzene rings is 3.